The van der Waals surface area contributed by atoms with Crippen molar-refractivity contribution >= 4 is 34.8 Å². The highest BCUT2D eigenvalue weighted by Crippen LogP contribution is 2.27. The van der Waals surface area contributed by atoms with Crippen LogP contribution in [-0.2, 0) is 9.53 Å². The molecule has 0 radical (unpaired) electrons. The lowest BCUT2D eigenvalue weighted by Crippen LogP contribution is -2.30. The predicted octanol–water partition coefficient (Wildman–Crippen LogP) is 4.05. The number of aryl methyl sites for hydroxylation is 2. The van der Waals surface area contributed by atoms with Crippen molar-refractivity contribution in [2.24, 2.45) is 0 Å². The van der Waals surface area contributed by atoms with E-state index in [1.165, 1.54) is 7.11 Å². The van der Waals surface area contributed by atoms with Crippen LogP contribution >= 0.6 is 22.9 Å². The molecule has 4 nitrogen and oxygen atoms in total. The summed E-state index contributed by atoms with van der Waals surface area (Å²) in [6.45, 7) is 3.85. The number of carbonyl (C=O) groups is 2. The number of rotatable bonds is 5. The average molecular weight is 352 g/mol. The van der Waals surface area contributed by atoms with Gasteiger partial charge in [-0.25, -0.2) is 0 Å². The van der Waals surface area contributed by atoms with E-state index in [0.29, 0.717) is 16.1 Å². The van der Waals surface area contributed by atoms with Crippen LogP contribution in [0.1, 0.15) is 38.1 Å². The van der Waals surface area contributed by atoms with Gasteiger partial charge in [0.15, 0.2) is 0 Å². The van der Waals surface area contributed by atoms with Crippen molar-refractivity contribution in [3.63, 3.8) is 0 Å². The quantitative estimate of drug-likeness (QED) is 0.827. The van der Waals surface area contributed by atoms with E-state index < -0.39 is 12.0 Å². The van der Waals surface area contributed by atoms with Gasteiger partial charge in [0.1, 0.15) is 0 Å². The highest BCUT2D eigenvalue weighted by atomic mass is 35.5. The van der Waals surface area contributed by atoms with Gasteiger partial charge in [0, 0.05) is 14.8 Å². The number of carbonyl (C=O) groups excluding carboxylic acids is 2. The van der Waals surface area contributed by atoms with E-state index in [9.17, 15) is 9.59 Å². The number of halogens is 1. The van der Waals surface area contributed by atoms with Gasteiger partial charge < -0.3 is 10.1 Å². The lowest BCUT2D eigenvalue weighted by atomic mass is 10.0. The zero-order valence-corrected chi connectivity index (χ0v) is 14.8. The van der Waals surface area contributed by atoms with E-state index in [1.54, 1.807) is 29.5 Å². The molecule has 1 heterocycles. The summed E-state index contributed by atoms with van der Waals surface area (Å²) in [6.07, 6.45) is 0.0220. The van der Waals surface area contributed by atoms with E-state index in [4.69, 9.17) is 16.3 Å². The summed E-state index contributed by atoms with van der Waals surface area (Å²) < 4.78 is 4.73. The molecule has 1 aromatic carbocycles. The number of ether oxygens (including phenoxy) is 1. The van der Waals surface area contributed by atoms with Crippen LogP contribution in [0.25, 0.3) is 0 Å². The van der Waals surface area contributed by atoms with Gasteiger partial charge in [0.2, 0.25) is 0 Å². The van der Waals surface area contributed by atoms with E-state index in [0.717, 1.165) is 9.75 Å². The first kappa shape index (κ1) is 17.5. The van der Waals surface area contributed by atoms with Crippen molar-refractivity contribution < 1.29 is 14.3 Å². The molecule has 2 aromatic rings. The van der Waals surface area contributed by atoms with Crippen LogP contribution in [0.3, 0.4) is 0 Å². The number of hydrogen-bond donors (Lipinski definition) is 1. The second-order valence-electron chi connectivity index (χ2n) is 5.15. The minimum absolute atomic E-state index is 0.0220. The first-order valence-electron chi connectivity index (χ1n) is 7.11. The van der Waals surface area contributed by atoms with Crippen molar-refractivity contribution in [2.45, 2.75) is 26.3 Å². The topological polar surface area (TPSA) is 55.4 Å². The Kier molecular flexibility index (Phi) is 5.80. The Morgan fingerprint density at radius 1 is 1.30 bits per heavy atom. The molecular weight excluding hydrogens is 334 g/mol. The smallest absolute Gasteiger partial charge is 0.307 e. The highest BCUT2D eigenvalue weighted by molar-refractivity contribution is 7.12. The third kappa shape index (κ3) is 4.33. The van der Waals surface area contributed by atoms with Crippen molar-refractivity contribution in [2.75, 3.05) is 7.11 Å². The normalized spacial score (nSPS) is 11.8. The number of thiophene rings is 1. The monoisotopic (exact) mass is 351 g/mol. The van der Waals surface area contributed by atoms with Crippen LogP contribution in [0.5, 0.6) is 0 Å². The zero-order chi connectivity index (χ0) is 17.0. The molecule has 0 fully saturated rings. The number of benzene rings is 1. The summed E-state index contributed by atoms with van der Waals surface area (Å²) in [5, 5.41) is 3.39. The number of hydrogen-bond acceptors (Lipinski definition) is 4. The molecule has 23 heavy (non-hydrogen) atoms. The van der Waals surface area contributed by atoms with E-state index in [1.807, 2.05) is 26.0 Å². The van der Waals surface area contributed by atoms with Crippen molar-refractivity contribution in [3.8, 4) is 0 Å². The van der Waals surface area contributed by atoms with Crippen molar-refractivity contribution in [3.05, 3.63) is 56.2 Å². The molecular formula is C17H18ClNO3S. The second-order valence-corrected chi connectivity index (χ2v) is 7.02. The molecule has 1 unspecified atom stereocenters. The van der Waals surface area contributed by atoms with E-state index in [2.05, 4.69) is 5.32 Å². The Labute approximate surface area is 144 Å². The fourth-order valence-corrected chi connectivity index (χ4v) is 3.53. The van der Waals surface area contributed by atoms with Gasteiger partial charge in [-0.05, 0) is 31.5 Å². The molecule has 0 aliphatic rings. The summed E-state index contributed by atoms with van der Waals surface area (Å²) in [4.78, 5) is 26.2. The summed E-state index contributed by atoms with van der Waals surface area (Å²) >= 11 is 7.77. The van der Waals surface area contributed by atoms with Crippen LogP contribution in [0.2, 0.25) is 5.02 Å². The molecule has 0 aliphatic heterocycles. The molecule has 1 N–H and O–H groups in total. The summed E-state index contributed by atoms with van der Waals surface area (Å²) in [5.74, 6) is -0.630. The molecule has 0 spiro atoms. The van der Waals surface area contributed by atoms with Gasteiger partial charge in [-0.15, -0.1) is 11.3 Å². The van der Waals surface area contributed by atoms with Crippen molar-refractivity contribution in [1.29, 1.82) is 0 Å². The van der Waals surface area contributed by atoms with Crippen molar-refractivity contribution in [1.82, 2.24) is 5.32 Å². The maximum Gasteiger partial charge on any atom is 0.307 e. The van der Waals surface area contributed by atoms with Crippen LogP contribution < -0.4 is 5.32 Å². The molecule has 0 bridgehead atoms. The number of nitrogens with one attached hydrogen (secondary N) is 1. The maximum absolute atomic E-state index is 12.5. The third-order valence-electron chi connectivity index (χ3n) is 3.47. The van der Waals surface area contributed by atoms with E-state index >= 15 is 0 Å². The fraction of sp³-hybridized carbons (Fsp3) is 0.294. The molecule has 1 aromatic heterocycles. The Morgan fingerprint density at radius 3 is 2.57 bits per heavy atom. The second kappa shape index (κ2) is 7.62. The fourth-order valence-electron chi connectivity index (χ4n) is 2.34. The van der Waals surface area contributed by atoms with Crippen LogP contribution in [-0.4, -0.2) is 19.0 Å². The molecule has 1 atom stereocenters. The Morgan fingerprint density at radius 2 is 2.00 bits per heavy atom. The van der Waals surface area contributed by atoms with Gasteiger partial charge in [-0.3, -0.25) is 9.59 Å². The summed E-state index contributed by atoms with van der Waals surface area (Å²) in [7, 11) is 1.32. The molecule has 0 saturated heterocycles. The maximum atomic E-state index is 12.5. The van der Waals surface area contributed by atoms with Crippen LogP contribution in [0.15, 0.2) is 30.3 Å². The minimum Gasteiger partial charge on any atom is -0.469 e. The lowest BCUT2D eigenvalue weighted by Gasteiger charge is -2.19. The number of methoxy groups -OCH3 is 1. The highest BCUT2D eigenvalue weighted by Gasteiger charge is 2.23. The molecule has 0 aliphatic carbocycles. The Balaban J connectivity index is 2.27. The first-order valence-corrected chi connectivity index (χ1v) is 8.31. The van der Waals surface area contributed by atoms with Gasteiger partial charge in [0.05, 0.1) is 25.1 Å². The zero-order valence-electron chi connectivity index (χ0n) is 13.2. The minimum atomic E-state index is -0.539. The molecule has 6 heteroatoms. The van der Waals surface area contributed by atoms with Gasteiger partial charge in [-0.2, -0.15) is 0 Å². The van der Waals surface area contributed by atoms with Gasteiger partial charge in [-0.1, -0.05) is 29.8 Å². The van der Waals surface area contributed by atoms with E-state index in [-0.39, 0.29) is 12.3 Å². The third-order valence-corrected chi connectivity index (χ3v) is 4.78. The molecule has 2 rings (SSSR count). The SMILES string of the molecule is COC(=O)CC(NC(=O)c1cc(C)sc1C)c1ccccc1Cl. The average Bonchev–Trinajstić information content (AvgIpc) is 2.85. The summed E-state index contributed by atoms with van der Waals surface area (Å²) in [5.41, 5.74) is 1.31. The lowest BCUT2D eigenvalue weighted by molar-refractivity contribution is -0.141. The van der Waals surface area contributed by atoms with Gasteiger partial charge in [0.25, 0.3) is 5.91 Å². The number of amides is 1. The Bertz CT molecular complexity index is 726. The molecule has 1 amide bonds. The molecule has 0 saturated carbocycles. The standard InChI is InChI=1S/C17H18ClNO3S/c1-10-8-13(11(2)23-10)17(21)19-15(9-16(20)22-3)12-6-4-5-7-14(12)18/h4-8,15H,9H2,1-3H3,(H,19,21). The van der Waals surface area contributed by atoms with Crippen LogP contribution in [0.4, 0.5) is 0 Å². The number of esters is 1. The van der Waals surface area contributed by atoms with Crippen LogP contribution in [0, 0.1) is 13.8 Å². The first-order chi connectivity index (χ1) is 10.9. The Hall–Kier alpha value is -1.85. The molecule has 122 valence electrons. The largest absolute Gasteiger partial charge is 0.469 e. The van der Waals surface area contributed by atoms with Gasteiger partial charge >= 0.3 is 5.97 Å². The summed E-state index contributed by atoms with van der Waals surface area (Å²) in [6, 6.07) is 8.45. The predicted molar refractivity (Wildman–Crippen MR) is 92.1 cm³/mol.